The molecule has 1 aliphatic heterocycles. The lowest BCUT2D eigenvalue weighted by Gasteiger charge is -2.16. The fourth-order valence-corrected chi connectivity index (χ4v) is 1.67. The number of esters is 1. The Kier molecular flexibility index (Phi) is 6.22. The summed E-state index contributed by atoms with van der Waals surface area (Å²) in [5.74, 6) is -0.424. The van der Waals surface area contributed by atoms with Crippen LogP contribution in [0.5, 0.6) is 0 Å². The molecule has 1 unspecified atom stereocenters. The molecule has 1 heterocycles. The Balaban J connectivity index is 0.00000172. The number of hydrogen-bond donors (Lipinski definition) is 1. The van der Waals surface area contributed by atoms with Crippen LogP contribution in [0.25, 0.3) is 0 Å². The summed E-state index contributed by atoms with van der Waals surface area (Å²) < 4.78 is 22.8. The predicted molar refractivity (Wildman–Crippen MR) is 67.3 cm³/mol. The van der Waals surface area contributed by atoms with Gasteiger partial charge in [0.05, 0.1) is 13.0 Å². The number of Topliss-reactive ketones (excluding diaryl/α,β-unsaturated/α-hetero) is 1. The van der Waals surface area contributed by atoms with Gasteiger partial charge in [0.15, 0.2) is 0 Å². The summed E-state index contributed by atoms with van der Waals surface area (Å²) in [6.45, 7) is 1.75. The molecule has 0 aromatic rings. The summed E-state index contributed by atoms with van der Waals surface area (Å²) in [6.07, 6.45) is 0.0287. The monoisotopic (exact) mass is 259 g/mol. The first-order valence-corrected chi connectivity index (χ1v) is 5.77. The average Bonchev–Trinajstić information content (AvgIpc) is 2.78. The number of ether oxygens (including phenoxy) is 2. The van der Waals surface area contributed by atoms with Crippen LogP contribution in [0, 0.1) is 0 Å². The van der Waals surface area contributed by atoms with Gasteiger partial charge in [-0.15, -0.1) is 0 Å². The van der Waals surface area contributed by atoms with Crippen LogP contribution in [0.1, 0.15) is 41.4 Å². The average molecular weight is 259 g/mol. The van der Waals surface area contributed by atoms with E-state index in [-0.39, 0.29) is 25.2 Å². The smallest absolute Gasteiger partial charge is 0.306 e. The van der Waals surface area contributed by atoms with Crippen molar-refractivity contribution in [2.24, 2.45) is 0 Å². The van der Waals surface area contributed by atoms with E-state index in [1.165, 1.54) is 7.40 Å². The Hall–Kier alpha value is -0.875. The number of aliphatic hydroxyl groups excluding tert-OH is 1. The fourth-order valence-electron chi connectivity index (χ4n) is 1.67. The second-order valence-electron chi connectivity index (χ2n) is 4.04. The molecule has 0 aliphatic carbocycles. The van der Waals surface area contributed by atoms with Crippen LogP contribution >= 0.6 is 0 Å². The third kappa shape index (κ3) is 5.18. The summed E-state index contributed by atoms with van der Waals surface area (Å²) in [5.41, 5.74) is 0. The zero-order valence-electron chi connectivity index (χ0n) is 12.9. The molecule has 18 heavy (non-hydrogen) atoms. The quantitative estimate of drug-likeness (QED) is 0.534. The molecule has 1 saturated heterocycles. The molecule has 5 nitrogen and oxygen atoms in total. The zero-order chi connectivity index (χ0) is 15.5. The van der Waals surface area contributed by atoms with Crippen molar-refractivity contribution in [3.05, 3.63) is 0 Å². The van der Waals surface area contributed by atoms with E-state index < -0.39 is 24.2 Å². The fraction of sp³-hybridized carbons (Fsp3) is 0.833. The Morgan fingerprint density at radius 2 is 2.39 bits per heavy atom. The molecular weight excluding hydrogens is 235 g/mol. The van der Waals surface area contributed by atoms with Gasteiger partial charge in [-0.2, -0.15) is 0 Å². The lowest BCUT2D eigenvalue weighted by molar-refractivity contribution is -0.153. The van der Waals surface area contributed by atoms with Crippen molar-refractivity contribution in [1.82, 2.24) is 0 Å². The maximum atomic E-state index is 11.5. The van der Waals surface area contributed by atoms with E-state index in [9.17, 15) is 9.59 Å². The number of carbonyl (C=O) groups is 2. The Morgan fingerprint density at radius 1 is 1.67 bits per heavy atom. The van der Waals surface area contributed by atoms with Gasteiger partial charge in [-0.25, -0.2) is 0 Å². The molecule has 2 radical (unpaired) electrons. The molecule has 1 aliphatic rings. The molecule has 1 rings (SSSR count). The van der Waals surface area contributed by atoms with E-state index in [0.29, 0.717) is 12.8 Å². The highest BCUT2D eigenvalue weighted by atomic mass is 16.6. The van der Waals surface area contributed by atoms with E-state index in [1.54, 1.807) is 6.92 Å². The topological polar surface area (TPSA) is 72.8 Å². The van der Waals surface area contributed by atoms with Crippen LogP contribution in [0.3, 0.4) is 0 Å². The molecule has 0 amide bonds. The van der Waals surface area contributed by atoms with Crippen LogP contribution < -0.4 is 0 Å². The third-order valence-electron chi connectivity index (χ3n) is 2.68. The van der Waals surface area contributed by atoms with Crippen molar-refractivity contribution in [2.45, 2.75) is 58.2 Å². The van der Waals surface area contributed by atoms with Gasteiger partial charge < -0.3 is 14.6 Å². The van der Waals surface area contributed by atoms with Gasteiger partial charge in [0.25, 0.3) is 0 Å². The molecule has 6 heteroatoms. The van der Waals surface area contributed by atoms with Crippen molar-refractivity contribution in [3.8, 4) is 0 Å². The van der Waals surface area contributed by atoms with Gasteiger partial charge in [-0.1, -0.05) is 14.3 Å². The van der Waals surface area contributed by atoms with Crippen LogP contribution in [-0.4, -0.2) is 51.0 Å². The zero-order valence-corrected chi connectivity index (χ0v) is 10.9. The highest BCUT2D eigenvalue weighted by Gasteiger charge is 2.34. The lowest BCUT2D eigenvalue weighted by Crippen LogP contribution is -2.30. The molecule has 0 bridgehead atoms. The van der Waals surface area contributed by atoms with E-state index in [4.69, 9.17) is 20.1 Å². The summed E-state index contributed by atoms with van der Waals surface area (Å²) in [6, 6.07) is -0.514. The maximum absolute atomic E-state index is 11.5. The van der Waals surface area contributed by atoms with Crippen molar-refractivity contribution in [1.29, 1.82) is 1.43 Å². The Bertz CT molecular complexity index is 304. The number of rotatable bonds is 7. The van der Waals surface area contributed by atoms with Gasteiger partial charge in [-0.3, -0.25) is 9.59 Å². The summed E-state index contributed by atoms with van der Waals surface area (Å²) in [4.78, 5) is 22.6. The second kappa shape index (κ2) is 8.27. The van der Waals surface area contributed by atoms with Crippen molar-refractivity contribution < 1.29 is 25.5 Å². The van der Waals surface area contributed by atoms with E-state index in [1.807, 2.05) is 0 Å². The third-order valence-corrected chi connectivity index (χ3v) is 2.68. The minimum atomic E-state index is -0.514. The standard InChI is InChI=1S/C11H17BO5.CH4/c1-2-7(14)3-4-11(15)17-8-5-10(12)16-9(8)6-13;/h8-10,13H,2-6H2,1H3;1H4/t8?,9-,10-;/m1./s1/i13D;1T. The molecule has 0 saturated carbocycles. The van der Waals surface area contributed by atoms with Crippen LogP contribution in [-0.2, 0) is 19.1 Å². The van der Waals surface area contributed by atoms with Gasteiger partial charge >= 0.3 is 5.97 Å². The minimum Gasteiger partial charge on any atom is -0.459 e. The van der Waals surface area contributed by atoms with Gasteiger partial charge in [0, 0.05) is 26.6 Å². The van der Waals surface area contributed by atoms with Crippen LogP contribution in [0.2, 0.25) is 0 Å². The Morgan fingerprint density at radius 3 is 3.00 bits per heavy atom. The predicted octanol–water partition coefficient (Wildman–Crippen LogP) is 0.569. The molecule has 0 aromatic carbocycles. The first-order chi connectivity index (χ1) is 9.56. The summed E-state index contributed by atoms with van der Waals surface area (Å²) >= 11 is 0. The minimum absolute atomic E-state index is 0.000459. The Labute approximate surface area is 112 Å². The number of aliphatic hydroxyl groups is 1. The van der Waals surface area contributed by atoms with Gasteiger partial charge in [0.1, 0.15) is 25.8 Å². The number of hydrogen-bond acceptors (Lipinski definition) is 5. The lowest BCUT2D eigenvalue weighted by atomic mass is 9.96. The van der Waals surface area contributed by atoms with Crippen molar-refractivity contribution in [3.63, 3.8) is 0 Å². The molecular formula is C12H21BO5. The normalized spacial score (nSPS) is 27.6. The maximum Gasteiger partial charge on any atom is 0.306 e. The molecule has 1 fully saturated rings. The molecule has 102 valence electrons. The SMILES string of the molecule is [2H]OC[C@H]1O[C@@H]([B])CC1OC(=O)CCC(=O)CC.[3H]C. The molecule has 1 N–H and O–H groups in total. The number of ketones is 1. The first-order valence-electron chi connectivity index (χ1n) is 7.18. The second-order valence-corrected chi connectivity index (χ2v) is 4.04. The number of carbonyl (C=O) groups excluding carboxylic acids is 2. The highest BCUT2D eigenvalue weighted by molar-refractivity contribution is 6.11. The van der Waals surface area contributed by atoms with E-state index in [0.717, 1.165) is 0 Å². The van der Waals surface area contributed by atoms with E-state index in [2.05, 4.69) is 5.11 Å². The largest absolute Gasteiger partial charge is 0.459 e. The van der Waals surface area contributed by atoms with Crippen LogP contribution in [0.4, 0.5) is 0 Å². The highest BCUT2D eigenvalue weighted by Crippen LogP contribution is 2.21. The van der Waals surface area contributed by atoms with Crippen LogP contribution in [0.15, 0.2) is 0 Å². The van der Waals surface area contributed by atoms with Crippen molar-refractivity contribution in [2.75, 3.05) is 6.61 Å². The molecule has 0 aromatic heterocycles. The first kappa shape index (κ1) is 13.6. The summed E-state index contributed by atoms with van der Waals surface area (Å²) in [7, 11) is 6.83. The molecule has 0 spiro atoms. The van der Waals surface area contributed by atoms with Crippen molar-refractivity contribution >= 4 is 19.6 Å². The van der Waals surface area contributed by atoms with Gasteiger partial charge in [-0.05, 0) is 0 Å². The van der Waals surface area contributed by atoms with Gasteiger partial charge in [0.2, 0.25) is 1.43 Å². The summed E-state index contributed by atoms with van der Waals surface area (Å²) in [5, 5.41) is 4.23. The molecule has 3 atom stereocenters. The van der Waals surface area contributed by atoms with E-state index >= 15 is 0 Å².